The van der Waals surface area contributed by atoms with Crippen molar-refractivity contribution in [3.8, 4) is 0 Å². The molecule has 1 aromatic rings. The molecule has 0 unspecified atom stereocenters. The second kappa shape index (κ2) is 7.51. The summed E-state index contributed by atoms with van der Waals surface area (Å²) in [6.07, 6.45) is 3.50. The van der Waals surface area contributed by atoms with E-state index in [1.165, 1.54) is 12.1 Å². The summed E-state index contributed by atoms with van der Waals surface area (Å²) in [5.41, 5.74) is 0.796. The van der Waals surface area contributed by atoms with E-state index in [-0.39, 0.29) is 10.2 Å². The van der Waals surface area contributed by atoms with Crippen LogP contribution in [-0.4, -0.2) is 48.4 Å². The Hall–Kier alpha value is -0.720. The van der Waals surface area contributed by atoms with Crippen LogP contribution in [-0.2, 0) is 10.4 Å². The van der Waals surface area contributed by atoms with Gasteiger partial charge in [0.1, 0.15) is 0 Å². The fourth-order valence-corrected chi connectivity index (χ4v) is 4.97. The molecule has 160 valence electrons. The fourth-order valence-electron chi connectivity index (χ4n) is 4.08. The lowest BCUT2D eigenvalue weighted by molar-refractivity contribution is -0.137. The Bertz CT molecular complexity index is 681. The molecule has 1 aliphatic heterocycles. The maximum Gasteiger partial charge on any atom is 0.416 e. The lowest BCUT2D eigenvalue weighted by atomic mass is 9.97. The van der Waals surface area contributed by atoms with Crippen LogP contribution in [0.1, 0.15) is 57.1 Å². The molecule has 2 fully saturated rings. The first-order valence-corrected chi connectivity index (χ1v) is 12.5. The monoisotopic (exact) mass is 417 g/mol. The molecule has 1 aromatic carbocycles. The van der Waals surface area contributed by atoms with Crippen molar-refractivity contribution >= 4 is 10.3 Å². The van der Waals surface area contributed by atoms with Crippen LogP contribution in [0.3, 0.4) is 0 Å². The number of hydrogen-bond donors (Lipinski definition) is 0. The number of hydrogen-bond acceptors (Lipinski definition) is 2. The minimum atomic E-state index is -4.25. The third kappa shape index (κ3) is 4.71. The van der Waals surface area contributed by atoms with E-state index >= 15 is 0 Å². The number of alkyl halides is 3. The van der Waals surface area contributed by atoms with Gasteiger partial charge in [-0.15, -0.1) is 10.3 Å². The quantitative estimate of drug-likeness (QED) is 0.521. The lowest BCUT2D eigenvalue weighted by Crippen LogP contribution is -2.27. The van der Waals surface area contributed by atoms with Crippen molar-refractivity contribution in [3.05, 3.63) is 35.4 Å². The van der Waals surface area contributed by atoms with Crippen molar-refractivity contribution in [2.24, 2.45) is 5.41 Å². The molecule has 1 spiro atoms. The van der Waals surface area contributed by atoms with Gasteiger partial charge in [0.05, 0.1) is 12.2 Å². The second-order valence-corrected chi connectivity index (χ2v) is 13.7. The van der Waals surface area contributed by atoms with Crippen molar-refractivity contribution in [1.82, 2.24) is 4.90 Å². The standard InChI is InChI=1S/C22H34F3NOS/c1-20(2,3)28(4,5)27-14-6-12-26-13-11-21(16-26)15-19(21)17-7-9-18(10-8-17)22(23,24)25/h7-10,19H,6,11-16H2,1-5H3/t19-,21-/m0/s1. The van der Waals surface area contributed by atoms with Gasteiger partial charge < -0.3 is 9.08 Å². The van der Waals surface area contributed by atoms with Gasteiger partial charge in [-0.3, -0.25) is 0 Å². The molecule has 2 atom stereocenters. The molecule has 0 N–H and O–H groups in total. The van der Waals surface area contributed by atoms with Gasteiger partial charge in [0.2, 0.25) is 0 Å². The molecule has 0 amide bonds. The summed E-state index contributed by atoms with van der Waals surface area (Å²) in [5.74, 6) is 0.417. The predicted molar refractivity (Wildman–Crippen MR) is 112 cm³/mol. The zero-order valence-electron chi connectivity index (χ0n) is 17.7. The Morgan fingerprint density at radius 2 is 1.79 bits per heavy atom. The fraction of sp³-hybridized carbons (Fsp3) is 0.727. The summed E-state index contributed by atoms with van der Waals surface area (Å²) in [5, 5.41) is 0. The van der Waals surface area contributed by atoms with Crippen LogP contribution in [0, 0.1) is 5.41 Å². The summed E-state index contributed by atoms with van der Waals surface area (Å²) in [6.45, 7) is 10.7. The highest BCUT2D eigenvalue weighted by molar-refractivity contribution is 8.29. The minimum absolute atomic E-state index is 0.188. The van der Waals surface area contributed by atoms with E-state index in [0.717, 1.165) is 51.1 Å². The largest absolute Gasteiger partial charge is 0.416 e. The van der Waals surface area contributed by atoms with Crippen LogP contribution in [0.5, 0.6) is 0 Å². The van der Waals surface area contributed by atoms with E-state index in [0.29, 0.717) is 5.92 Å². The molecule has 6 heteroatoms. The van der Waals surface area contributed by atoms with Crippen molar-refractivity contribution in [2.45, 2.75) is 56.9 Å². The normalized spacial score (nSPS) is 26.8. The third-order valence-corrected chi connectivity index (χ3v) is 10.5. The lowest BCUT2D eigenvalue weighted by Gasteiger charge is -2.43. The third-order valence-electron chi connectivity index (χ3n) is 6.77. The molecule has 0 aromatic heterocycles. The first-order chi connectivity index (χ1) is 12.8. The molecule has 3 rings (SSSR count). The summed E-state index contributed by atoms with van der Waals surface area (Å²) < 4.78 is 44.7. The molecular weight excluding hydrogens is 383 g/mol. The summed E-state index contributed by atoms with van der Waals surface area (Å²) in [6, 6.07) is 5.81. The zero-order chi connectivity index (χ0) is 20.8. The van der Waals surface area contributed by atoms with Crippen molar-refractivity contribution < 1.29 is 17.4 Å². The number of rotatable bonds is 6. The number of likely N-dealkylation sites (tertiary alicyclic amines) is 1. The van der Waals surface area contributed by atoms with Crippen LogP contribution in [0.4, 0.5) is 13.2 Å². The first kappa shape index (κ1) is 22.0. The first-order valence-electron chi connectivity index (χ1n) is 10.1. The van der Waals surface area contributed by atoms with Crippen molar-refractivity contribution in [2.75, 3.05) is 38.8 Å². The van der Waals surface area contributed by atoms with Crippen LogP contribution in [0.25, 0.3) is 0 Å². The number of benzene rings is 1. The molecule has 0 radical (unpaired) electrons. The molecule has 2 aliphatic rings. The molecule has 1 saturated heterocycles. The molecule has 2 nitrogen and oxygen atoms in total. The van der Waals surface area contributed by atoms with Gasteiger partial charge in [0.25, 0.3) is 0 Å². The van der Waals surface area contributed by atoms with Gasteiger partial charge in [0.15, 0.2) is 0 Å². The molecule has 1 aliphatic carbocycles. The van der Waals surface area contributed by atoms with E-state index in [1.807, 2.05) is 0 Å². The Kier molecular flexibility index (Phi) is 5.90. The van der Waals surface area contributed by atoms with Crippen LogP contribution < -0.4 is 0 Å². The van der Waals surface area contributed by atoms with Crippen molar-refractivity contribution in [1.29, 1.82) is 0 Å². The Labute approximate surface area is 169 Å². The summed E-state index contributed by atoms with van der Waals surface area (Å²) in [7, 11) is -1.06. The average molecular weight is 418 g/mol. The van der Waals surface area contributed by atoms with E-state index in [9.17, 15) is 13.2 Å². The number of halogens is 3. The van der Waals surface area contributed by atoms with Gasteiger partial charge in [-0.25, -0.2) is 0 Å². The smallest absolute Gasteiger partial charge is 0.337 e. The maximum absolute atomic E-state index is 12.8. The van der Waals surface area contributed by atoms with Crippen molar-refractivity contribution in [3.63, 3.8) is 0 Å². The van der Waals surface area contributed by atoms with Gasteiger partial charge in [-0.1, -0.05) is 32.9 Å². The Balaban J connectivity index is 1.45. The van der Waals surface area contributed by atoms with Gasteiger partial charge >= 0.3 is 6.18 Å². The molecular formula is C22H34F3NOS. The van der Waals surface area contributed by atoms with E-state index in [4.69, 9.17) is 4.18 Å². The second-order valence-electron chi connectivity index (χ2n) is 9.79. The average Bonchev–Trinajstić information content (AvgIpc) is 3.12. The van der Waals surface area contributed by atoms with Crippen LogP contribution in [0.2, 0.25) is 0 Å². The highest BCUT2D eigenvalue weighted by atomic mass is 32.3. The Morgan fingerprint density at radius 3 is 2.36 bits per heavy atom. The maximum atomic E-state index is 12.8. The van der Waals surface area contributed by atoms with Gasteiger partial charge in [-0.2, -0.15) is 13.2 Å². The van der Waals surface area contributed by atoms with Gasteiger partial charge in [-0.05, 0) is 67.3 Å². The van der Waals surface area contributed by atoms with Crippen LogP contribution in [0.15, 0.2) is 24.3 Å². The SMILES string of the molecule is CC(C)(C)S(C)(C)OCCCN1CC[C@]2(C[C@H]2c2ccc(C(F)(F)F)cc2)C1. The van der Waals surface area contributed by atoms with E-state index < -0.39 is 22.0 Å². The Morgan fingerprint density at radius 1 is 1.14 bits per heavy atom. The molecule has 1 saturated carbocycles. The minimum Gasteiger partial charge on any atom is -0.337 e. The summed E-state index contributed by atoms with van der Waals surface area (Å²) >= 11 is 0. The predicted octanol–water partition coefficient (Wildman–Crippen LogP) is 6.07. The molecule has 1 heterocycles. The van der Waals surface area contributed by atoms with Gasteiger partial charge in [0, 0.05) is 17.8 Å². The number of nitrogens with zero attached hydrogens (tertiary/aromatic N) is 1. The molecule has 0 bridgehead atoms. The topological polar surface area (TPSA) is 12.5 Å². The van der Waals surface area contributed by atoms with E-state index in [2.05, 4.69) is 38.2 Å². The van der Waals surface area contributed by atoms with Crippen LogP contribution >= 0.6 is 10.3 Å². The highest BCUT2D eigenvalue weighted by Gasteiger charge is 2.57. The van der Waals surface area contributed by atoms with E-state index in [1.54, 1.807) is 12.1 Å². The molecule has 28 heavy (non-hydrogen) atoms. The highest BCUT2D eigenvalue weighted by Crippen LogP contribution is 2.64. The summed E-state index contributed by atoms with van der Waals surface area (Å²) in [4.78, 5) is 2.51. The zero-order valence-corrected chi connectivity index (χ0v) is 18.6.